The van der Waals surface area contributed by atoms with Crippen LogP contribution in [0.2, 0.25) is 0 Å². The van der Waals surface area contributed by atoms with Gasteiger partial charge in [-0.05, 0) is 24.5 Å². The molecular formula is C14H30N2OS. The number of hydrogen-bond donors (Lipinski definition) is 1. The van der Waals surface area contributed by atoms with Crippen LogP contribution >= 0.6 is 11.8 Å². The Bertz CT molecular complexity index is 251. The van der Waals surface area contributed by atoms with Gasteiger partial charge >= 0.3 is 0 Å². The smallest absolute Gasteiger partial charge is 0.226 e. The highest BCUT2D eigenvalue weighted by Crippen LogP contribution is 2.25. The quantitative estimate of drug-likeness (QED) is 0.776. The van der Waals surface area contributed by atoms with Crippen molar-refractivity contribution in [3.63, 3.8) is 0 Å². The molecule has 0 aromatic carbocycles. The molecule has 0 aliphatic rings. The van der Waals surface area contributed by atoms with E-state index in [1.165, 1.54) is 0 Å². The SMILES string of the molecule is CCC(CSC)N(C)C(=O)C(CN)CC(C)(C)C. The van der Waals surface area contributed by atoms with Gasteiger partial charge in [0, 0.05) is 25.4 Å². The van der Waals surface area contributed by atoms with Gasteiger partial charge in [-0.25, -0.2) is 0 Å². The summed E-state index contributed by atoms with van der Waals surface area (Å²) in [5.41, 5.74) is 5.92. The van der Waals surface area contributed by atoms with Crippen LogP contribution in [-0.4, -0.2) is 42.4 Å². The second-order valence-corrected chi connectivity index (χ2v) is 7.07. The van der Waals surface area contributed by atoms with Crippen molar-refractivity contribution in [1.29, 1.82) is 0 Å². The zero-order chi connectivity index (χ0) is 14.3. The number of amides is 1. The monoisotopic (exact) mass is 274 g/mol. The standard InChI is InChI=1S/C14H30N2OS/c1-7-12(10-18-6)16(5)13(17)11(9-15)8-14(2,3)4/h11-12H,7-10,15H2,1-6H3. The number of thioether (sulfide) groups is 1. The van der Waals surface area contributed by atoms with Crippen LogP contribution in [0.4, 0.5) is 0 Å². The molecule has 2 atom stereocenters. The Morgan fingerprint density at radius 3 is 2.28 bits per heavy atom. The highest BCUT2D eigenvalue weighted by molar-refractivity contribution is 7.98. The number of rotatable bonds is 7. The average molecular weight is 274 g/mol. The highest BCUT2D eigenvalue weighted by Gasteiger charge is 2.28. The first-order chi connectivity index (χ1) is 8.26. The zero-order valence-electron chi connectivity index (χ0n) is 12.8. The summed E-state index contributed by atoms with van der Waals surface area (Å²) in [7, 11) is 1.91. The number of nitrogens with zero attached hydrogens (tertiary/aromatic N) is 1. The van der Waals surface area contributed by atoms with Crippen LogP contribution in [0.25, 0.3) is 0 Å². The van der Waals surface area contributed by atoms with E-state index in [1.807, 2.05) is 11.9 Å². The summed E-state index contributed by atoms with van der Waals surface area (Å²) in [6, 6.07) is 0.321. The summed E-state index contributed by atoms with van der Waals surface area (Å²) < 4.78 is 0. The van der Waals surface area contributed by atoms with Gasteiger partial charge in [-0.15, -0.1) is 0 Å². The van der Waals surface area contributed by atoms with Crippen molar-refractivity contribution in [3.05, 3.63) is 0 Å². The molecule has 0 heterocycles. The number of hydrogen-bond acceptors (Lipinski definition) is 3. The van der Waals surface area contributed by atoms with E-state index >= 15 is 0 Å². The maximum Gasteiger partial charge on any atom is 0.226 e. The maximum absolute atomic E-state index is 12.5. The fourth-order valence-corrected chi connectivity index (χ4v) is 3.02. The lowest BCUT2D eigenvalue weighted by Gasteiger charge is -2.32. The van der Waals surface area contributed by atoms with E-state index in [1.54, 1.807) is 11.8 Å². The first-order valence-electron chi connectivity index (χ1n) is 6.72. The van der Waals surface area contributed by atoms with Crippen molar-refractivity contribution in [2.45, 2.75) is 46.6 Å². The largest absolute Gasteiger partial charge is 0.342 e. The first-order valence-corrected chi connectivity index (χ1v) is 8.11. The van der Waals surface area contributed by atoms with Crippen LogP contribution in [0.3, 0.4) is 0 Å². The minimum absolute atomic E-state index is 0.0501. The first kappa shape index (κ1) is 17.8. The summed E-state index contributed by atoms with van der Waals surface area (Å²) in [6.07, 6.45) is 3.93. The third-order valence-corrected chi connectivity index (χ3v) is 3.94. The normalized spacial score (nSPS) is 15.3. The van der Waals surface area contributed by atoms with Crippen molar-refractivity contribution in [3.8, 4) is 0 Å². The predicted octanol–water partition coefficient (Wildman–Crippen LogP) is 2.60. The summed E-state index contributed by atoms with van der Waals surface area (Å²) in [4.78, 5) is 14.4. The van der Waals surface area contributed by atoms with E-state index in [4.69, 9.17) is 5.73 Å². The molecule has 0 saturated carbocycles. The van der Waals surface area contributed by atoms with Gasteiger partial charge < -0.3 is 10.6 Å². The molecule has 0 bridgehead atoms. The molecule has 0 aromatic rings. The Labute approximate surface area is 117 Å². The van der Waals surface area contributed by atoms with Crippen molar-refractivity contribution in [2.24, 2.45) is 17.1 Å². The van der Waals surface area contributed by atoms with Crippen molar-refractivity contribution in [1.82, 2.24) is 4.90 Å². The van der Waals surface area contributed by atoms with E-state index in [0.29, 0.717) is 12.6 Å². The Kier molecular flexibility index (Phi) is 7.95. The molecule has 18 heavy (non-hydrogen) atoms. The summed E-state index contributed by atoms with van der Waals surface area (Å²) in [5.74, 6) is 1.14. The lowest BCUT2D eigenvalue weighted by atomic mass is 9.84. The van der Waals surface area contributed by atoms with Crippen LogP contribution in [0.1, 0.15) is 40.5 Å². The van der Waals surface area contributed by atoms with E-state index in [9.17, 15) is 4.79 Å². The van der Waals surface area contributed by atoms with Crippen LogP contribution in [0.5, 0.6) is 0 Å². The number of nitrogens with two attached hydrogens (primary N) is 1. The molecule has 1 amide bonds. The van der Waals surface area contributed by atoms with Crippen molar-refractivity contribution >= 4 is 17.7 Å². The summed E-state index contributed by atoms with van der Waals surface area (Å²) in [5, 5.41) is 0. The molecule has 0 aliphatic heterocycles. The predicted molar refractivity (Wildman–Crippen MR) is 81.8 cm³/mol. The lowest BCUT2D eigenvalue weighted by Crippen LogP contribution is -2.44. The van der Waals surface area contributed by atoms with Gasteiger partial charge in [0.1, 0.15) is 0 Å². The highest BCUT2D eigenvalue weighted by atomic mass is 32.2. The second-order valence-electron chi connectivity index (χ2n) is 6.16. The van der Waals surface area contributed by atoms with Gasteiger partial charge in [0.15, 0.2) is 0 Å². The van der Waals surface area contributed by atoms with Crippen molar-refractivity contribution in [2.75, 3.05) is 25.6 Å². The third-order valence-electron chi connectivity index (χ3n) is 3.22. The van der Waals surface area contributed by atoms with E-state index in [-0.39, 0.29) is 17.2 Å². The fourth-order valence-electron chi connectivity index (χ4n) is 2.17. The second kappa shape index (κ2) is 8.05. The maximum atomic E-state index is 12.5. The van der Waals surface area contributed by atoms with Gasteiger partial charge in [0.2, 0.25) is 5.91 Å². The summed E-state index contributed by atoms with van der Waals surface area (Å²) in [6.45, 7) is 9.04. The molecule has 0 aromatic heterocycles. The van der Waals surface area contributed by atoms with Crippen LogP contribution in [0.15, 0.2) is 0 Å². The number of carbonyl (C=O) groups is 1. The van der Waals surface area contributed by atoms with Gasteiger partial charge in [-0.3, -0.25) is 4.79 Å². The summed E-state index contributed by atoms with van der Waals surface area (Å²) >= 11 is 1.79. The molecule has 2 N–H and O–H groups in total. The molecule has 2 unspecified atom stereocenters. The minimum Gasteiger partial charge on any atom is -0.342 e. The van der Waals surface area contributed by atoms with Crippen LogP contribution in [-0.2, 0) is 4.79 Å². The topological polar surface area (TPSA) is 46.3 Å². The van der Waals surface area contributed by atoms with E-state index in [2.05, 4.69) is 34.0 Å². The average Bonchev–Trinajstić information content (AvgIpc) is 2.30. The molecule has 0 rings (SSSR count). The van der Waals surface area contributed by atoms with E-state index < -0.39 is 0 Å². The molecule has 0 fully saturated rings. The van der Waals surface area contributed by atoms with Crippen LogP contribution in [0, 0.1) is 11.3 Å². The number of carbonyl (C=O) groups excluding carboxylic acids is 1. The molecule has 3 nitrogen and oxygen atoms in total. The van der Waals surface area contributed by atoms with Crippen molar-refractivity contribution < 1.29 is 4.79 Å². The van der Waals surface area contributed by atoms with Gasteiger partial charge in [-0.2, -0.15) is 11.8 Å². The third kappa shape index (κ3) is 6.10. The van der Waals surface area contributed by atoms with Gasteiger partial charge in [-0.1, -0.05) is 27.7 Å². The van der Waals surface area contributed by atoms with Gasteiger partial charge in [0.25, 0.3) is 0 Å². The molecule has 0 radical (unpaired) electrons. The lowest BCUT2D eigenvalue weighted by molar-refractivity contribution is -0.136. The molecule has 0 spiro atoms. The molecular weight excluding hydrogens is 244 g/mol. The molecule has 108 valence electrons. The Hall–Kier alpha value is -0.220. The Balaban J connectivity index is 4.66. The zero-order valence-corrected chi connectivity index (χ0v) is 13.6. The van der Waals surface area contributed by atoms with Gasteiger partial charge in [0.05, 0.1) is 5.92 Å². The Morgan fingerprint density at radius 2 is 1.94 bits per heavy atom. The minimum atomic E-state index is -0.0501. The van der Waals surface area contributed by atoms with Crippen LogP contribution < -0.4 is 5.73 Å². The molecule has 4 heteroatoms. The molecule has 0 aliphatic carbocycles. The molecule has 0 saturated heterocycles. The Morgan fingerprint density at radius 1 is 1.39 bits per heavy atom. The van der Waals surface area contributed by atoms with E-state index in [0.717, 1.165) is 18.6 Å². The fraction of sp³-hybridized carbons (Fsp3) is 0.929.